The maximum Gasteiger partial charge on any atom is 0.306 e. The molecule has 0 saturated carbocycles. The van der Waals surface area contributed by atoms with Crippen molar-refractivity contribution in [2.24, 2.45) is 0 Å². The molecule has 6 nitrogen and oxygen atoms in total. The largest absolute Gasteiger partial charge is 0.462 e. The summed E-state index contributed by atoms with van der Waals surface area (Å²) in [5.74, 6) is -0.853. The minimum atomic E-state index is -0.758. The third-order valence-corrected chi connectivity index (χ3v) is 12.9. The van der Waals surface area contributed by atoms with Gasteiger partial charge in [0.15, 0.2) is 6.10 Å². The van der Waals surface area contributed by atoms with Gasteiger partial charge in [0, 0.05) is 19.3 Å². The molecule has 0 bridgehead atoms. The Balaban J connectivity index is 4.02. The molecule has 0 heterocycles. The van der Waals surface area contributed by atoms with Gasteiger partial charge in [0.25, 0.3) is 0 Å². The Labute approximate surface area is 387 Å². The van der Waals surface area contributed by atoms with Gasteiger partial charge in [0.1, 0.15) is 13.2 Å². The lowest BCUT2D eigenvalue weighted by atomic mass is 10.0. The first-order valence-electron chi connectivity index (χ1n) is 28.0. The highest BCUT2D eigenvalue weighted by Gasteiger charge is 2.19. The number of unbranched alkanes of at least 4 members (excludes halogenated alkanes) is 41. The van der Waals surface area contributed by atoms with E-state index < -0.39 is 6.10 Å². The van der Waals surface area contributed by atoms with Crippen LogP contribution < -0.4 is 0 Å². The lowest BCUT2D eigenvalue weighted by Gasteiger charge is -2.18. The molecule has 0 amide bonds. The van der Waals surface area contributed by atoms with Crippen LogP contribution >= 0.6 is 0 Å². The van der Waals surface area contributed by atoms with Gasteiger partial charge in [0.05, 0.1) is 0 Å². The van der Waals surface area contributed by atoms with Gasteiger partial charge in [-0.2, -0.15) is 0 Å². The molecule has 0 fully saturated rings. The van der Waals surface area contributed by atoms with Crippen LogP contribution in [0.3, 0.4) is 0 Å². The molecular weight excluding hydrogens is 769 g/mol. The summed E-state index contributed by atoms with van der Waals surface area (Å²) in [5, 5.41) is 0. The fourth-order valence-electron chi connectivity index (χ4n) is 8.62. The molecule has 1 atom stereocenters. The summed E-state index contributed by atoms with van der Waals surface area (Å²) in [6.45, 7) is 6.62. The Kier molecular flexibility index (Phi) is 50.7. The van der Waals surface area contributed by atoms with E-state index in [0.717, 1.165) is 64.2 Å². The molecule has 0 N–H and O–H groups in total. The average molecular weight is 877 g/mol. The second kappa shape index (κ2) is 52.0. The van der Waals surface area contributed by atoms with E-state index in [1.165, 1.54) is 218 Å². The third-order valence-electron chi connectivity index (χ3n) is 12.9. The van der Waals surface area contributed by atoms with Gasteiger partial charge >= 0.3 is 17.9 Å². The van der Waals surface area contributed by atoms with Crippen LogP contribution in [0.5, 0.6) is 0 Å². The van der Waals surface area contributed by atoms with E-state index in [9.17, 15) is 14.4 Å². The van der Waals surface area contributed by atoms with E-state index >= 15 is 0 Å². The van der Waals surface area contributed by atoms with Crippen molar-refractivity contribution in [3.05, 3.63) is 0 Å². The average Bonchev–Trinajstić information content (AvgIpc) is 3.27. The summed E-state index contributed by atoms with van der Waals surface area (Å²) < 4.78 is 16.7. The monoisotopic (exact) mass is 877 g/mol. The molecule has 6 heteroatoms. The minimum Gasteiger partial charge on any atom is -0.462 e. The van der Waals surface area contributed by atoms with Crippen molar-refractivity contribution in [2.75, 3.05) is 13.2 Å². The number of ether oxygens (including phenoxy) is 3. The van der Waals surface area contributed by atoms with E-state index in [0.29, 0.717) is 19.3 Å². The predicted molar refractivity (Wildman–Crippen MR) is 266 cm³/mol. The standard InChI is InChI=1S/C56H108O6/c1-4-7-10-13-15-17-19-21-23-25-26-27-28-29-31-32-34-36-38-40-43-46-49-55(58)61-52-53(51-60-54(57)48-45-42-12-9-6-3)62-56(59)50-47-44-41-39-37-35-33-30-24-22-20-18-16-14-11-8-5-2/h53H,4-52H2,1-3H3. The summed E-state index contributed by atoms with van der Waals surface area (Å²) in [5.41, 5.74) is 0. The minimum absolute atomic E-state index is 0.0628. The smallest absolute Gasteiger partial charge is 0.306 e. The highest BCUT2D eigenvalue weighted by Crippen LogP contribution is 2.18. The molecule has 0 radical (unpaired) electrons. The summed E-state index contributed by atoms with van der Waals surface area (Å²) in [7, 11) is 0. The number of rotatable bonds is 52. The fraction of sp³-hybridized carbons (Fsp3) is 0.946. The van der Waals surface area contributed by atoms with Crippen LogP contribution in [-0.4, -0.2) is 37.2 Å². The summed E-state index contributed by atoms with van der Waals surface area (Å²) in [6.07, 6.45) is 57.1. The molecule has 0 aliphatic rings. The van der Waals surface area contributed by atoms with Crippen molar-refractivity contribution in [2.45, 2.75) is 329 Å². The van der Waals surface area contributed by atoms with Gasteiger partial charge in [-0.25, -0.2) is 0 Å². The topological polar surface area (TPSA) is 78.9 Å². The van der Waals surface area contributed by atoms with Crippen molar-refractivity contribution < 1.29 is 28.6 Å². The Hall–Kier alpha value is -1.59. The molecule has 0 aromatic rings. The van der Waals surface area contributed by atoms with E-state index in [-0.39, 0.29) is 31.1 Å². The second-order valence-electron chi connectivity index (χ2n) is 19.2. The van der Waals surface area contributed by atoms with Gasteiger partial charge < -0.3 is 14.2 Å². The van der Waals surface area contributed by atoms with Gasteiger partial charge in [-0.1, -0.05) is 284 Å². The first-order chi connectivity index (χ1) is 30.5. The zero-order valence-corrected chi connectivity index (χ0v) is 42.2. The highest BCUT2D eigenvalue weighted by molar-refractivity contribution is 5.71. The first kappa shape index (κ1) is 60.4. The van der Waals surface area contributed by atoms with Crippen LogP contribution in [0.4, 0.5) is 0 Å². The van der Waals surface area contributed by atoms with Crippen LogP contribution in [-0.2, 0) is 28.6 Å². The molecule has 0 saturated heterocycles. The number of carbonyl (C=O) groups excluding carboxylic acids is 3. The zero-order chi connectivity index (χ0) is 45.1. The quantitative estimate of drug-likeness (QED) is 0.0344. The van der Waals surface area contributed by atoms with Crippen LogP contribution in [0.2, 0.25) is 0 Å². The Morgan fingerprint density at radius 2 is 0.435 bits per heavy atom. The van der Waals surface area contributed by atoms with Crippen LogP contribution in [0.1, 0.15) is 323 Å². The van der Waals surface area contributed by atoms with Crippen molar-refractivity contribution in [3.63, 3.8) is 0 Å². The lowest BCUT2D eigenvalue weighted by molar-refractivity contribution is -0.167. The molecular formula is C56H108O6. The third kappa shape index (κ3) is 49.4. The number of hydrogen-bond donors (Lipinski definition) is 0. The molecule has 0 aromatic carbocycles. The van der Waals surface area contributed by atoms with Gasteiger partial charge in [0.2, 0.25) is 0 Å². The first-order valence-corrected chi connectivity index (χ1v) is 28.0. The SMILES string of the molecule is CCCCCCCCCCCCCCCCCCCCCCCCC(=O)OCC(COC(=O)CCCCCCC)OC(=O)CCCCCCCCCCCCCCCCCCC. The normalized spacial score (nSPS) is 11.9. The van der Waals surface area contributed by atoms with E-state index in [2.05, 4.69) is 20.8 Å². The molecule has 0 spiro atoms. The molecule has 1 unspecified atom stereocenters. The molecule has 62 heavy (non-hydrogen) atoms. The lowest BCUT2D eigenvalue weighted by Crippen LogP contribution is -2.30. The number of hydrogen-bond acceptors (Lipinski definition) is 6. The maximum absolute atomic E-state index is 12.8. The molecule has 368 valence electrons. The van der Waals surface area contributed by atoms with Crippen molar-refractivity contribution in [1.29, 1.82) is 0 Å². The summed E-state index contributed by atoms with van der Waals surface area (Å²) in [6, 6.07) is 0. The van der Waals surface area contributed by atoms with Gasteiger partial charge in [-0.15, -0.1) is 0 Å². The predicted octanol–water partition coefficient (Wildman–Crippen LogP) is 18.4. The summed E-state index contributed by atoms with van der Waals surface area (Å²) in [4.78, 5) is 37.7. The Bertz CT molecular complexity index is 920. The zero-order valence-electron chi connectivity index (χ0n) is 42.2. The van der Waals surface area contributed by atoms with Crippen LogP contribution in [0.15, 0.2) is 0 Å². The Morgan fingerprint density at radius 1 is 0.258 bits per heavy atom. The molecule has 0 aromatic heterocycles. The molecule has 0 aliphatic heterocycles. The van der Waals surface area contributed by atoms with E-state index in [1.54, 1.807) is 0 Å². The van der Waals surface area contributed by atoms with Gasteiger partial charge in [-0.3, -0.25) is 14.4 Å². The van der Waals surface area contributed by atoms with E-state index in [4.69, 9.17) is 14.2 Å². The number of carbonyl (C=O) groups is 3. The molecule has 0 aliphatic carbocycles. The van der Waals surface area contributed by atoms with Crippen LogP contribution in [0.25, 0.3) is 0 Å². The summed E-state index contributed by atoms with van der Waals surface area (Å²) >= 11 is 0. The van der Waals surface area contributed by atoms with E-state index in [1.807, 2.05) is 0 Å². The van der Waals surface area contributed by atoms with Crippen molar-refractivity contribution in [1.82, 2.24) is 0 Å². The number of esters is 3. The van der Waals surface area contributed by atoms with Gasteiger partial charge in [-0.05, 0) is 19.3 Å². The highest BCUT2D eigenvalue weighted by atomic mass is 16.6. The second-order valence-corrected chi connectivity index (χ2v) is 19.2. The fourth-order valence-corrected chi connectivity index (χ4v) is 8.62. The Morgan fingerprint density at radius 3 is 0.645 bits per heavy atom. The molecule has 0 rings (SSSR count). The van der Waals surface area contributed by atoms with Crippen LogP contribution in [0, 0.1) is 0 Å². The van der Waals surface area contributed by atoms with Crippen molar-refractivity contribution in [3.8, 4) is 0 Å². The van der Waals surface area contributed by atoms with Crippen molar-refractivity contribution >= 4 is 17.9 Å². The maximum atomic E-state index is 12.8.